The van der Waals surface area contributed by atoms with Gasteiger partial charge in [-0.3, -0.25) is 23.5 Å². The van der Waals surface area contributed by atoms with Crippen molar-refractivity contribution in [1.82, 2.24) is 57.3 Å². The number of nitrogens with one attached hydrogen (secondary N) is 1. The van der Waals surface area contributed by atoms with Gasteiger partial charge in [-0.1, -0.05) is 11.8 Å². The molecule has 8 aromatic rings. The third kappa shape index (κ3) is 10.3. The first-order valence-corrected chi connectivity index (χ1v) is 26.9. The molecule has 0 spiro atoms. The molecule has 4 fully saturated rings. The van der Waals surface area contributed by atoms with E-state index >= 15 is 0 Å². The van der Waals surface area contributed by atoms with Gasteiger partial charge in [0.25, 0.3) is 11.1 Å². The number of nitrogens with zero attached hydrogens (tertiary/aromatic N) is 14. The topological polar surface area (TPSA) is 263 Å². The highest BCUT2D eigenvalue weighted by Crippen LogP contribution is 2.47. The number of aromatic nitrogens is 12. The lowest BCUT2D eigenvalue weighted by molar-refractivity contribution is -0.143. The maximum absolute atomic E-state index is 13.1. The Labute approximate surface area is 454 Å². The zero-order chi connectivity index (χ0) is 55.1. The molecule has 2 saturated carbocycles. The van der Waals surface area contributed by atoms with E-state index in [9.17, 15) is 28.8 Å². The number of pyridine rings is 2. The normalized spacial score (nSPS) is 18.2. The average Bonchev–Trinajstić information content (AvgIpc) is 4.13. The molecule has 0 bridgehead atoms. The summed E-state index contributed by atoms with van der Waals surface area (Å²) in [6.45, 7) is 11.0. The SMILES string of the molecule is CC#CCn1c(=O)c2c(ncn2[C@@H](C)C(=O)Nc2csc(-c3ccc(N4CC5CC5C4)nc3)n2)n(C)c1=O.CC#CCn1c(=O)c2c(ncn2[C@@H](C)C(=O)OC)n(C)c1=O.Nc1csc(-c2ccc(N3CC4CC4C3)nc2)n1. The minimum Gasteiger partial charge on any atom is -0.467 e. The molecule has 6 atom stereocenters. The Balaban J connectivity index is 0.000000145. The first kappa shape index (κ1) is 52.7. The fraction of sp³-hybridized carbons (Fsp3) is 0.396. The summed E-state index contributed by atoms with van der Waals surface area (Å²) in [6, 6.07) is 6.70. The van der Waals surface area contributed by atoms with Crippen LogP contribution >= 0.6 is 22.7 Å². The van der Waals surface area contributed by atoms with Crippen molar-refractivity contribution in [2.24, 2.45) is 37.8 Å². The molecule has 25 heteroatoms. The van der Waals surface area contributed by atoms with E-state index in [0.717, 1.165) is 78.7 Å². The molecular formula is C53H56N16O7S2. The van der Waals surface area contributed by atoms with E-state index in [0.29, 0.717) is 11.6 Å². The van der Waals surface area contributed by atoms with Crippen LogP contribution in [0.3, 0.4) is 0 Å². The van der Waals surface area contributed by atoms with Gasteiger partial charge in [-0.2, -0.15) is 0 Å². The molecule has 10 heterocycles. The summed E-state index contributed by atoms with van der Waals surface area (Å²) in [5, 5.41) is 8.15. The number of piperidine rings is 2. The molecule has 1 amide bonds. The molecule has 2 saturated heterocycles. The van der Waals surface area contributed by atoms with Crippen molar-refractivity contribution in [1.29, 1.82) is 0 Å². The summed E-state index contributed by atoms with van der Waals surface area (Å²) in [6.07, 6.45) is 9.24. The molecule has 78 heavy (non-hydrogen) atoms. The molecule has 4 unspecified atom stereocenters. The predicted octanol–water partition coefficient (Wildman–Crippen LogP) is 3.99. The Hall–Kier alpha value is -8.68. The van der Waals surface area contributed by atoms with E-state index in [1.165, 1.54) is 89.4 Å². The van der Waals surface area contributed by atoms with E-state index in [1.807, 2.05) is 29.9 Å². The monoisotopic (exact) mass is 1090 g/mol. The molecule has 402 valence electrons. The molecule has 4 aliphatic rings. The number of amides is 1. The van der Waals surface area contributed by atoms with Crippen LogP contribution in [0.1, 0.15) is 52.6 Å². The van der Waals surface area contributed by atoms with Crippen LogP contribution in [0.5, 0.6) is 0 Å². The molecule has 3 N–H and O–H groups in total. The van der Waals surface area contributed by atoms with Crippen molar-refractivity contribution in [2.45, 2.75) is 65.7 Å². The molecule has 2 aliphatic carbocycles. The van der Waals surface area contributed by atoms with E-state index in [2.05, 4.69) is 85.6 Å². The molecule has 8 aromatic heterocycles. The number of thiazole rings is 2. The number of hydrogen-bond acceptors (Lipinski definition) is 18. The predicted molar refractivity (Wildman–Crippen MR) is 298 cm³/mol. The Kier molecular flexibility index (Phi) is 14.7. The highest BCUT2D eigenvalue weighted by atomic mass is 32.1. The van der Waals surface area contributed by atoms with E-state index < -0.39 is 40.6 Å². The third-order valence-electron chi connectivity index (χ3n) is 14.6. The highest BCUT2D eigenvalue weighted by molar-refractivity contribution is 7.13. The number of aryl methyl sites for hydroxylation is 2. The number of nitrogens with two attached hydrogens (primary N) is 1. The molecule has 12 rings (SSSR count). The van der Waals surface area contributed by atoms with E-state index in [1.54, 1.807) is 44.4 Å². The van der Waals surface area contributed by atoms with Crippen molar-refractivity contribution < 1.29 is 14.3 Å². The summed E-state index contributed by atoms with van der Waals surface area (Å²) in [4.78, 5) is 106. The number of rotatable bonds is 11. The lowest BCUT2D eigenvalue weighted by Gasteiger charge is -2.18. The summed E-state index contributed by atoms with van der Waals surface area (Å²) in [5.41, 5.74) is 6.22. The van der Waals surface area contributed by atoms with Crippen molar-refractivity contribution in [2.75, 3.05) is 54.1 Å². The summed E-state index contributed by atoms with van der Waals surface area (Å²) >= 11 is 2.97. The van der Waals surface area contributed by atoms with Crippen LogP contribution in [-0.2, 0) is 41.5 Å². The number of carbonyl (C=O) groups excluding carboxylic acids is 2. The largest absolute Gasteiger partial charge is 0.467 e. The first-order valence-electron chi connectivity index (χ1n) is 25.2. The maximum atomic E-state index is 13.1. The van der Waals surface area contributed by atoms with Crippen LogP contribution in [0.4, 0.5) is 23.3 Å². The minimum atomic E-state index is -0.784. The number of fused-ring (bicyclic) bond motifs is 4. The number of ether oxygens (including phenoxy) is 1. The Bertz CT molecular complexity index is 3970. The summed E-state index contributed by atoms with van der Waals surface area (Å²) < 4.78 is 12.2. The summed E-state index contributed by atoms with van der Waals surface area (Å²) in [7, 11) is 4.32. The van der Waals surface area contributed by atoms with Gasteiger partial charge < -0.3 is 34.7 Å². The maximum Gasteiger partial charge on any atom is 0.333 e. The molecule has 2 aliphatic heterocycles. The molecule has 23 nitrogen and oxygen atoms in total. The number of hydrogen-bond donors (Lipinski definition) is 2. The molecule has 0 radical (unpaired) electrons. The van der Waals surface area contributed by atoms with Crippen LogP contribution in [-0.4, -0.2) is 102 Å². The number of anilines is 4. The zero-order valence-corrected chi connectivity index (χ0v) is 45.5. The van der Waals surface area contributed by atoms with Gasteiger partial charge in [-0.15, -0.1) is 34.5 Å². The number of esters is 1. The quantitative estimate of drug-likeness (QED) is 0.137. The average molecular weight is 1090 g/mol. The van der Waals surface area contributed by atoms with Gasteiger partial charge in [0, 0.05) is 74.6 Å². The zero-order valence-electron chi connectivity index (χ0n) is 43.9. The van der Waals surface area contributed by atoms with E-state index in [-0.39, 0.29) is 41.3 Å². The minimum absolute atomic E-state index is 0.0181. The van der Waals surface area contributed by atoms with Crippen molar-refractivity contribution in [3.05, 3.63) is 102 Å². The Morgan fingerprint density at radius 1 is 0.692 bits per heavy atom. The Morgan fingerprint density at radius 2 is 1.15 bits per heavy atom. The van der Waals surface area contributed by atoms with Gasteiger partial charge in [-0.05, 0) is 88.5 Å². The molecule has 0 aromatic carbocycles. The number of nitrogen functional groups attached to an aromatic ring is 1. The van der Waals surface area contributed by atoms with Crippen LogP contribution in [0.2, 0.25) is 0 Å². The first-order chi connectivity index (χ1) is 37.6. The lowest BCUT2D eigenvalue weighted by Crippen LogP contribution is -2.40. The van der Waals surface area contributed by atoms with Gasteiger partial charge in [0.15, 0.2) is 22.3 Å². The van der Waals surface area contributed by atoms with Gasteiger partial charge in [0.1, 0.15) is 45.4 Å². The second-order valence-electron chi connectivity index (χ2n) is 19.6. The standard InChI is InChI=1S/C26H26N8O3S.C14H16N4O4.C13H14N4S/c1-4-5-8-33-25(36)21-22(31(3)26(33)37)28-14-34(21)15(2)23(35)29-19-13-38-24(30-19)16-6-7-20(27-10-16)32-11-17-9-18(17)12-32;1-5-6-7-17-12(19)10-11(16(3)14(17)21)15-8-18(10)9(2)13(20)22-4;14-11-7-18-13(16-11)8-1-2-12(15-4-8)17-5-9-3-10(9)6-17/h6-7,10,13-15,17-18H,8-9,11-12H2,1-3H3,(H,29,35);8-9H,7H2,1-4H3;1-2,4,7,9-10H,3,5-6,14H2/t15-,17?,18?;9-;/m00./s1. The summed E-state index contributed by atoms with van der Waals surface area (Å²) in [5.74, 6) is 16.5. The van der Waals surface area contributed by atoms with Crippen molar-refractivity contribution >= 4 is 80.1 Å². The van der Waals surface area contributed by atoms with Crippen LogP contribution in [0.25, 0.3) is 43.5 Å². The van der Waals surface area contributed by atoms with Gasteiger partial charge in [0.2, 0.25) is 5.91 Å². The second kappa shape index (κ2) is 21.7. The Morgan fingerprint density at radius 3 is 1.58 bits per heavy atom. The van der Waals surface area contributed by atoms with Gasteiger partial charge in [-0.25, -0.2) is 53.4 Å². The molecular weight excluding hydrogens is 1040 g/mol. The number of methoxy groups -OCH3 is 1. The smallest absolute Gasteiger partial charge is 0.333 e. The van der Waals surface area contributed by atoms with E-state index in [4.69, 9.17) is 5.73 Å². The highest BCUT2D eigenvalue weighted by Gasteiger charge is 2.46. The fourth-order valence-electron chi connectivity index (χ4n) is 9.85. The van der Waals surface area contributed by atoms with Crippen LogP contribution in [0, 0.1) is 47.4 Å². The lowest BCUT2D eigenvalue weighted by atomic mass is 10.3. The fourth-order valence-corrected chi connectivity index (χ4v) is 11.3. The van der Waals surface area contributed by atoms with Crippen molar-refractivity contribution in [3.8, 4) is 44.8 Å². The number of carbonyl (C=O) groups is 2. The number of imidazole rings is 2. The second-order valence-corrected chi connectivity index (χ2v) is 21.3. The van der Waals surface area contributed by atoms with Gasteiger partial charge in [0.05, 0.1) is 32.9 Å². The van der Waals surface area contributed by atoms with Crippen molar-refractivity contribution in [3.63, 3.8) is 0 Å². The van der Waals surface area contributed by atoms with Crippen LogP contribution < -0.4 is 43.3 Å². The third-order valence-corrected chi connectivity index (χ3v) is 16.4. The van der Waals surface area contributed by atoms with Crippen LogP contribution in [0.15, 0.2) is 79.3 Å². The van der Waals surface area contributed by atoms with Gasteiger partial charge >= 0.3 is 17.3 Å².